The van der Waals surface area contributed by atoms with E-state index in [-0.39, 0.29) is 11.8 Å². The molecule has 1 N–H and O–H groups in total. The number of amides is 1. The summed E-state index contributed by atoms with van der Waals surface area (Å²) in [4.78, 5) is 20.2. The Bertz CT molecular complexity index is 910. The van der Waals surface area contributed by atoms with Crippen molar-refractivity contribution in [3.8, 4) is 5.82 Å². The zero-order valence-corrected chi connectivity index (χ0v) is 12.6. The molecule has 4 rings (SSSR count). The molecule has 1 aliphatic rings. The van der Waals surface area contributed by atoms with Crippen LogP contribution in [0.3, 0.4) is 0 Å². The number of benzene rings is 1. The van der Waals surface area contributed by atoms with Crippen molar-refractivity contribution in [1.29, 1.82) is 0 Å². The number of nitrogens with one attached hydrogen (secondary N) is 1. The van der Waals surface area contributed by atoms with E-state index < -0.39 is 0 Å². The minimum absolute atomic E-state index is 0.0456. The van der Waals surface area contributed by atoms with Crippen LogP contribution in [0.5, 0.6) is 0 Å². The van der Waals surface area contributed by atoms with Crippen LogP contribution in [0.15, 0.2) is 54.0 Å². The Balaban J connectivity index is 1.70. The van der Waals surface area contributed by atoms with Crippen molar-refractivity contribution in [3.63, 3.8) is 0 Å². The van der Waals surface area contributed by atoms with E-state index in [0.29, 0.717) is 6.42 Å². The molecule has 114 valence electrons. The minimum Gasteiger partial charge on any atom is -0.283 e. The van der Waals surface area contributed by atoms with Gasteiger partial charge in [0.1, 0.15) is 12.1 Å². The molecule has 1 aliphatic heterocycles. The molecule has 1 aromatic carbocycles. The molecule has 0 saturated heterocycles. The van der Waals surface area contributed by atoms with Gasteiger partial charge in [-0.2, -0.15) is 5.10 Å². The van der Waals surface area contributed by atoms with E-state index in [1.54, 1.807) is 12.5 Å². The molecule has 0 bridgehead atoms. The Labute approximate surface area is 132 Å². The number of para-hydroxylation sites is 2. The molecule has 1 unspecified atom stereocenters. The van der Waals surface area contributed by atoms with Crippen molar-refractivity contribution < 1.29 is 4.79 Å². The van der Waals surface area contributed by atoms with Crippen molar-refractivity contribution in [1.82, 2.24) is 20.0 Å². The lowest BCUT2D eigenvalue weighted by Gasteiger charge is -2.19. The predicted octanol–water partition coefficient (Wildman–Crippen LogP) is 2.28. The second-order valence-electron chi connectivity index (χ2n) is 5.65. The molecule has 2 aromatic heterocycles. The first-order valence-corrected chi connectivity index (χ1v) is 7.47. The van der Waals surface area contributed by atoms with Crippen LogP contribution in [0.4, 0.5) is 0 Å². The zero-order chi connectivity index (χ0) is 15.8. The molecule has 0 spiro atoms. The lowest BCUT2D eigenvalue weighted by Crippen LogP contribution is -2.32. The molecule has 3 aromatic rings. The van der Waals surface area contributed by atoms with Gasteiger partial charge in [-0.1, -0.05) is 19.1 Å². The Morgan fingerprint density at radius 1 is 1.17 bits per heavy atom. The summed E-state index contributed by atoms with van der Waals surface area (Å²) in [5.74, 6) is 0.844. The minimum atomic E-state index is -0.0456. The third-order valence-electron chi connectivity index (χ3n) is 4.00. The van der Waals surface area contributed by atoms with Gasteiger partial charge in [-0.3, -0.25) is 9.36 Å². The van der Waals surface area contributed by atoms with E-state index >= 15 is 0 Å². The summed E-state index contributed by atoms with van der Waals surface area (Å²) in [6, 6.07) is 11.9. The highest BCUT2D eigenvalue weighted by molar-refractivity contribution is 6.05. The van der Waals surface area contributed by atoms with E-state index in [2.05, 4.69) is 20.5 Å². The highest BCUT2D eigenvalue weighted by Crippen LogP contribution is 2.19. The summed E-state index contributed by atoms with van der Waals surface area (Å²) in [5, 5.41) is 4.16. The molecule has 1 atom stereocenters. The smallest absolute Gasteiger partial charge is 0.240 e. The average molecular weight is 305 g/mol. The number of rotatable bonds is 2. The van der Waals surface area contributed by atoms with Crippen molar-refractivity contribution in [2.75, 3.05) is 0 Å². The fourth-order valence-corrected chi connectivity index (χ4v) is 2.82. The molecule has 3 heterocycles. The van der Waals surface area contributed by atoms with Crippen molar-refractivity contribution >= 4 is 22.7 Å². The Kier molecular flexibility index (Phi) is 3.15. The van der Waals surface area contributed by atoms with Gasteiger partial charge in [-0.15, -0.1) is 0 Å². The lowest BCUT2D eigenvalue weighted by molar-refractivity contribution is -0.121. The first-order chi connectivity index (χ1) is 11.2. The van der Waals surface area contributed by atoms with Gasteiger partial charge < -0.3 is 0 Å². The zero-order valence-electron chi connectivity index (χ0n) is 12.6. The monoisotopic (exact) mass is 305 g/mol. The van der Waals surface area contributed by atoms with E-state index in [0.717, 1.165) is 28.1 Å². The van der Waals surface area contributed by atoms with Crippen LogP contribution >= 0.6 is 0 Å². The maximum Gasteiger partial charge on any atom is 0.240 e. The molecule has 6 nitrogen and oxygen atoms in total. The second-order valence-corrected chi connectivity index (χ2v) is 5.65. The van der Waals surface area contributed by atoms with Crippen molar-refractivity contribution in [2.45, 2.75) is 13.3 Å². The van der Waals surface area contributed by atoms with Crippen LogP contribution in [0.25, 0.3) is 16.9 Å². The molecule has 0 saturated carbocycles. The molecule has 0 fully saturated rings. The second kappa shape index (κ2) is 5.31. The number of hydrogen-bond donors (Lipinski definition) is 1. The van der Waals surface area contributed by atoms with Crippen molar-refractivity contribution in [2.24, 2.45) is 11.0 Å². The quantitative estimate of drug-likeness (QED) is 0.789. The topological polar surface area (TPSA) is 72.2 Å². The summed E-state index contributed by atoms with van der Waals surface area (Å²) >= 11 is 0. The summed E-state index contributed by atoms with van der Waals surface area (Å²) in [5.41, 5.74) is 6.27. The molecule has 1 amide bonds. The van der Waals surface area contributed by atoms with Gasteiger partial charge >= 0.3 is 0 Å². The van der Waals surface area contributed by atoms with Crippen LogP contribution in [-0.4, -0.2) is 26.2 Å². The van der Waals surface area contributed by atoms with Crippen LogP contribution in [0.2, 0.25) is 0 Å². The van der Waals surface area contributed by atoms with Gasteiger partial charge in [-0.05, 0) is 24.3 Å². The highest BCUT2D eigenvalue weighted by atomic mass is 16.2. The van der Waals surface area contributed by atoms with Gasteiger partial charge in [0.05, 0.1) is 16.7 Å². The summed E-state index contributed by atoms with van der Waals surface area (Å²) < 4.78 is 1.95. The summed E-state index contributed by atoms with van der Waals surface area (Å²) in [6.07, 6.45) is 4.01. The normalized spacial score (nSPS) is 17.9. The molecular weight excluding hydrogens is 290 g/mol. The van der Waals surface area contributed by atoms with Crippen molar-refractivity contribution in [3.05, 3.63) is 54.5 Å². The number of carbonyl (C=O) groups excluding carboxylic acids is 1. The van der Waals surface area contributed by atoms with Gasteiger partial charge in [-0.25, -0.2) is 15.4 Å². The van der Waals surface area contributed by atoms with Gasteiger partial charge in [0.25, 0.3) is 0 Å². The predicted molar refractivity (Wildman–Crippen MR) is 87.3 cm³/mol. The van der Waals surface area contributed by atoms with Crippen LogP contribution in [0, 0.1) is 5.92 Å². The summed E-state index contributed by atoms with van der Waals surface area (Å²) in [6.45, 7) is 1.99. The van der Waals surface area contributed by atoms with Crippen LogP contribution < -0.4 is 5.43 Å². The first kappa shape index (κ1) is 13.6. The maximum absolute atomic E-state index is 11.3. The molecular formula is C17H15N5O. The van der Waals surface area contributed by atoms with Gasteiger partial charge in [0, 0.05) is 24.1 Å². The Morgan fingerprint density at radius 2 is 2.04 bits per heavy atom. The number of aromatic nitrogens is 3. The third-order valence-corrected chi connectivity index (χ3v) is 4.00. The van der Waals surface area contributed by atoms with E-state index in [9.17, 15) is 4.79 Å². The molecule has 23 heavy (non-hydrogen) atoms. The summed E-state index contributed by atoms with van der Waals surface area (Å²) in [7, 11) is 0. The fourth-order valence-electron chi connectivity index (χ4n) is 2.82. The first-order valence-electron chi connectivity index (χ1n) is 7.47. The Morgan fingerprint density at radius 3 is 2.83 bits per heavy atom. The number of fused-ring (bicyclic) bond motifs is 1. The lowest BCUT2D eigenvalue weighted by atomic mass is 9.95. The van der Waals surface area contributed by atoms with Gasteiger partial charge in [0.15, 0.2) is 0 Å². The molecule has 0 radical (unpaired) electrons. The highest BCUT2D eigenvalue weighted by Gasteiger charge is 2.21. The van der Waals surface area contributed by atoms with Crippen LogP contribution in [0.1, 0.15) is 18.9 Å². The number of carbonyl (C=O) groups is 1. The van der Waals surface area contributed by atoms with Crippen LogP contribution in [-0.2, 0) is 4.79 Å². The number of hydrogen-bond acceptors (Lipinski definition) is 4. The van der Waals surface area contributed by atoms with E-state index in [4.69, 9.17) is 0 Å². The molecule has 6 heteroatoms. The molecule has 0 aliphatic carbocycles. The number of hydrazone groups is 1. The number of nitrogens with zero attached hydrogens (tertiary/aromatic N) is 4. The fraction of sp³-hybridized carbons (Fsp3) is 0.176. The SMILES string of the molecule is CC1CC(=O)NN=C1c1ccc(-n2cnc3ccccc32)nc1. The van der Waals surface area contributed by atoms with E-state index in [1.165, 1.54) is 0 Å². The van der Waals surface area contributed by atoms with Gasteiger partial charge in [0.2, 0.25) is 5.91 Å². The maximum atomic E-state index is 11.3. The van der Waals surface area contributed by atoms with E-state index in [1.807, 2.05) is 47.9 Å². The Hall–Kier alpha value is -3.02. The third kappa shape index (κ3) is 2.38. The standard InChI is InChI=1S/C17H15N5O/c1-11-8-16(23)20-21-17(11)12-6-7-15(18-9-12)22-10-19-13-4-2-3-5-14(13)22/h2-7,9-11H,8H2,1H3,(H,20,23). The number of imidazole rings is 1. The number of pyridine rings is 1. The average Bonchev–Trinajstić information content (AvgIpc) is 2.99. The largest absolute Gasteiger partial charge is 0.283 e.